The van der Waals surface area contributed by atoms with E-state index in [9.17, 15) is 4.39 Å². The summed E-state index contributed by atoms with van der Waals surface area (Å²) in [5.74, 6) is 6.51. The first kappa shape index (κ1) is 27.6. The zero-order valence-corrected chi connectivity index (χ0v) is 28.8. The van der Waals surface area contributed by atoms with Gasteiger partial charge in [0.25, 0.3) is 0 Å². The van der Waals surface area contributed by atoms with Crippen LogP contribution in [0.25, 0.3) is 55.7 Å². The molecule has 0 bridgehead atoms. The van der Waals surface area contributed by atoms with Crippen molar-refractivity contribution in [2.24, 2.45) is 0 Å². The summed E-state index contributed by atoms with van der Waals surface area (Å²) in [5.41, 5.74) is 5.29. The SMILES string of the molecule is [2H]C([2H])([2H])c1cnc(-c2[c-]ccc3c2oc2nc(F)ccc23)cc1-c1ccccc1.[CH3][Ge]([CH3])([CH3])[c]1ccc(-c2[c-]cccc2)nc1.[Ir]. The summed E-state index contributed by atoms with van der Waals surface area (Å²) < 4.78 is 44.5. The molecule has 0 saturated carbocycles. The predicted octanol–water partition coefficient (Wildman–Crippen LogP) is 9.05. The Kier molecular flexibility index (Phi) is 8.37. The first-order chi connectivity index (χ1) is 22.0. The van der Waals surface area contributed by atoms with Crippen LogP contribution in [-0.2, 0) is 20.1 Å². The molecule has 1 radical (unpaired) electrons. The second-order valence-electron chi connectivity index (χ2n) is 11.1. The summed E-state index contributed by atoms with van der Waals surface area (Å²) >= 11 is -1.72. The number of halogens is 1. The Hall–Kier alpha value is -3.97. The zero-order chi connectivity index (χ0) is 32.5. The molecule has 0 aliphatic heterocycles. The normalized spacial score (nSPS) is 12.4. The van der Waals surface area contributed by atoms with Gasteiger partial charge in [-0.05, 0) is 41.4 Å². The van der Waals surface area contributed by atoms with Crippen molar-refractivity contribution >= 4 is 39.7 Å². The molecule has 7 aromatic rings. The molecule has 0 fully saturated rings. The van der Waals surface area contributed by atoms with Crippen molar-refractivity contribution < 1.29 is 33.0 Å². The fourth-order valence-electron chi connectivity index (χ4n) is 4.79. The minimum atomic E-state index is -2.31. The number of hydrogen-bond donors (Lipinski definition) is 0. The monoisotopic (exact) mass is 821 g/mol. The molecule has 0 amide bonds. The van der Waals surface area contributed by atoms with Gasteiger partial charge in [-0.25, -0.2) is 0 Å². The van der Waals surface area contributed by atoms with E-state index < -0.39 is 26.1 Å². The second-order valence-corrected chi connectivity index (χ2v) is 21.8. The Labute approximate surface area is 277 Å². The molecule has 4 aromatic heterocycles. The van der Waals surface area contributed by atoms with Crippen LogP contribution in [-0.4, -0.2) is 28.2 Å². The molecule has 0 aliphatic rings. The van der Waals surface area contributed by atoms with Gasteiger partial charge in [-0.1, -0.05) is 47.3 Å². The number of fused-ring (bicyclic) bond motifs is 3. The van der Waals surface area contributed by atoms with Crippen LogP contribution >= 0.6 is 0 Å². The van der Waals surface area contributed by atoms with Crippen molar-refractivity contribution in [3.8, 4) is 33.6 Å². The third-order valence-corrected chi connectivity index (χ3v) is 11.4. The van der Waals surface area contributed by atoms with Gasteiger partial charge < -0.3 is 9.40 Å². The number of rotatable bonds is 4. The maximum atomic E-state index is 13.5. The van der Waals surface area contributed by atoms with Gasteiger partial charge in [0.15, 0.2) is 0 Å². The van der Waals surface area contributed by atoms with Gasteiger partial charge in [-0.15, -0.1) is 18.2 Å². The molecule has 0 spiro atoms. The fourth-order valence-corrected chi connectivity index (χ4v) is 6.96. The van der Waals surface area contributed by atoms with E-state index >= 15 is 0 Å². The van der Waals surface area contributed by atoms with Gasteiger partial charge in [0.1, 0.15) is 0 Å². The van der Waals surface area contributed by atoms with Gasteiger partial charge in [-0.2, -0.15) is 9.37 Å². The van der Waals surface area contributed by atoms with E-state index in [0.29, 0.717) is 27.8 Å². The molecular weight excluding hydrogens is 786 g/mol. The molecule has 0 unspecified atom stereocenters. The van der Waals surface area contributed by atoms with Gasteiger partial charge in [0, 0.05) is 35.8 Å². The topological polar surface area (TPSA) is 51.8 Å². The minimum Gasteiger partial charge on any atom is 0 e. The Morgan fingerprint density at radius 3 is 2.30 bits per heavy atom. The van der Waals surface area contributed by atoms with Crippen LogP contribution in [0.2, 0.25) is 17.3 Å². The molecule has 4 heterocycles. The van der Waals surface area contributed by atoms with Gasteiger partial charge >= 0.3 is 99.8 Å². The quantitative estimate of drug-likeness (QED) is 0.101. The number of benzene rings is 3. The van der Waals surface area contributed by atoms with E-state index in [2.05, 4.69) is 56.5 Å². The number of aromatic nitrogens is 3. The van der Waals surface area contributed by atoms with E-state index in [1.54, 1.807) is 18.2 Å². The van der Waals surface area contributed by atoms with E-state index in [-0.39, 0.29) is 31.4 Å². The van der Waals surface area contributed by atoms with Crippen LogP contribution < -0.4 is 4.40 Å². The summed E-state index contributed by atoms with van der Waals surface area (Å²) in [7, 11) is 0. The second kappa shape index (κ2) is 13.3. The Morgan fingerprint density at radius 2 is 1.59 bits per heavy atom. The summed E-state index contributed by atoms with van der Waals surface area (Å²) in [4.78, 5) is 12.7. The van der Waals surface area contributed by atoms with Crippen LogP contribution in [0.1, 0.15) is 9.68 Å². The third-order valence-electron chi connectivity index (χ3n) is 7.12. The Morgan fingerprint density at radius 1 is 0.795 bits per heavy atom. The van der Waals surface area contributed by atoms with Gasteiger partial charge in [0.05, 0.1) is 5.58 Å². The van der Waals surface area contributed by atoms with E-state index in [1.807, 2.05) is 66.9 Å². The van der Waals surface area contributed by atoms with Gasteiger partial charge in [0.2, 0.25) is 11.7 Å². The summed E-state index contributed by atoms with van der Waals surface area (Å²) in [6.07, 6.45) is 3.41. The van der Waals surface area contributed by atoms with E-state index in [1.165, 1.54) is 16.7 Å². The maximum absolute atomic E-state index is 13.5. The molecule has 0 N–H and O–H groups in total. The van der Waals surface area contributed by atoms with Crippen LogP contribution in [0.15, 0.2) is 114 Å². The largest absolute Gasteiger partial charge is 0 e. The van der Waals surface area contributed by atoms with Crippen LogP contribution in [0.3, 0.4) is 0 Å². The Bertz CT molecular complexity index is 2130. The number of pyridine rings is 3. The molecule has 0 saturated heterocycles. The number of hydrogen-bond acceptors (Lipinski definition) is 4. The molecule has 3 aromatic carbocycles. The average molecular weight is 820 g/mol. The number of aryl methyl sites for hydroxylation is 1. The molecular formula is C37H30FGeIrN3O-2. The van der Waals surface area contributed by atoms with Crippen molar-refractivity contribution in [2.75, 3.05) is 0 Å². The van der Waals surface area contributed by atoms with Crippen molar-refractivity contribution in [1.29, 1.82) is 0 Å². The summed E-state index contributed by atoms with van der Waals surface area (Å²) in [5, 5.41) is 1.44. The Balaban J connectivity index is 0.000000217. The molecule has 7 rings (SSSR count). The minimum absolute atomic E-state index is 0. The van der Waals surface area contributed by atoms with Crippen LogP contribution in [0.5, 0.6) is 0 Å². The molecule has 0 atom stereocenters. The van der Waals surface area contributed by atoms with Crippen molar-refractivity contribution in [1.82, 2.24) is 15.0 Å². The van der Waals surface area contributed by atoms with Crippen LogP contribution in [0, 0.1) is 24.9 Å². The summed E-state index contributed by atoms with van der Waals surface area (Å²) in [6.45, 7) is -2.31. The van der Waals surface area contributed by atoms with Gasteiger partial charge in [-0.3, -0.25) is 0 Å². The van der Waals surface area contributed by atoms with E-state index in [4.69, 9.17) is 8.53 Å². The summed E-state index contributed by atoms with van der Waals surface area (Å²) in [6, 6.07) is 36.1. The third kappa shape index (κ3) is 6.73. The molecule has 221 valence electrons. The van der Waals surface area contributed by atoms with Crippen molar-refractivity contribution in [2.45, 2.75) is 24.1 Å². The smallest absolute Gasteiger partial charge is 0 e. The van der Waals surface area contributed by atoms with Crippen molar-refractivity contribution in [3.05, 3.63) is 133 Å². The first-order valence-electron chi connectivity index (χ1n) is 15.4. The molecule has 44 heavy (non-hydrogen) atoms. The average Bonchev–Trinajstić information content (AvgIpc) is 3.42. The molecule has 0 aliphatic carbocycles. The zero-order valence-electron chi connectivity index (χ0n) is 27.4. The molecule has 4 nitrogen and oxygen atoms in total. The first-order valence-corrected chi connectivity index (χ1v) is 21.2. The predicted molar refractivity (Wildman–Crippen MR) is 175 cm³/mol. The van der Waals surface area contributed by atoms with Crippen molar-refractivity contribution in [3.63, 3.8) is 0 Å². The van der Waals surface area contributed by atoms with E-state index in [0.717, 1.165) is 22.2 Å². The van der Waals surface area contributed by atoms with Crippen LogP contribution in [0.4, 0.5) is 4.39 Å². The molecule has 7 heteroatoms. The standard InChI is InChI=1S/C23H14FN2O.C14H16GeN.Ir/c1-14-13-25-20(12-19(14)15-6-3-2-4-7-15)18-9-5-8-16-17-10-11-21(24)26-23(17)27-22(16)18;1-15(2,3)13-9-10-14(16-11-13)12-7-5-4-6-8-12;/h2-8,10-13H,1H3;4-7,9-11H,1-3H3;/q2*-1;/i1D3;;. The number of furan rings is 1. The maximum Gasteiger partial charge on any atom is 0 e. The number of nitrogens with zero attached hydrogens (tertiary/aromatic N) is 3. The fraction of sp³-hybridized carbons (Fsp3) is 0.108.